The quantitative estimate of drug-likeness (QED) is 0.378. The van der Waals surface area contributed by atoms with Crippen LogP contribution in [-0.2, 0) is 21.0 Å². The van der Waals surface area contributed by atoms with Crippen LogP contribution in [0.25, 0.3) is 0 Å². The number of hydrogen-bond acceptors (Lipinski definition) is 5. The number of alkyl halides is 3. The number of hydrogen-bond donors (Lipinski definition) is 0. The molecule has 2 unspecified atom stereocenters. The number of fused-ring (bicyclic) bond motifs is 1. The van der Waals surface area contributed by atoms with Gasteiger partial charge < -0.3 is 0 Å². The summed E-state index contributed by atoms with van der Waals surface area (Å²) in [7, 11) is -3.27. The first-order valence-corrected chi connectivity index (χ1v) is 12.7. The normalized spacial score (nSPS) is 17.9. The van der Waals surface area contributed by atoms with E-state index < -0.39 is 39.8 Å². The molecule has 14 heteroatoms. The molecule has 1 amide bonds. The molecule has 190 valence electrons. The van der Waals surface area contributed by atoms with Crippen LogP contribution in [0.2, 0.25) is 15.1 Å². The van der Waals surface area contributed by atoms with Crippen LogP contribution in [-0.4, -0.2) is 41.2 Å². The van der Waals surface area contributed by atoms with Crippen molar-refractivity contribution in [2.45, 2.75) is 24.0 Å². The second kappa shape index (κ2) is 9.37. The smallest absolute Gasteiger partial charge is 0.273 e. The van der Waals surface area contributed by atoms with Crippen molar-refractivity contribution in [3.8, 4) is 0 Å². The minimum atomic E-state index is -4.77. The van der Waals surface area contributed by atoms with Crippen LogP contribution in [0, 0.1) is 5.92 Å². The molecular weight excluding hydrogens is 564 g/mol. The molecule has 0 bridgehead atoms. The van der Waals surface area contributed by atoms with Crippen molar-refractivity contribution >= 4 is 62.3 Å². The van der Waals surface area contributed by atoms with E-state index in [1.807, 2.05) is 0 Å². The van der Waals surface area contributed by atoms with Crippen LogP contribution in [0.1, 0.15) is 24.2 Å². The first-order chi connectivity index (χ1) is 16.7. The zero-order valence-corrected chi connectivity index (χ0v) is 21.5. The summed E-state index contributed by atoms with van der Waals surface area (Å²) in [5, 5.41) is 4.23. The van der Waals surface area contributed by atoms with Gasteiger partial charge in [0, 0.05) is 23.8 Å². The molecule has 2 atom stereocenters. The van der Waals surface area contributed by atoms with E-state index in [0.717, 1.165) is 17.8 Å². The van der Waals surface area contributed by atoms with Crippen molar-refractivity contribution in [2.24, 2.45) is 10.9 Å². The summed E-state index contributed by atoms with van der Waals surface area (Å²) >= 11 is 18.0. The van der Waals surface area contributed by atoms with Crippen LogP contribution < -0.4 is 0 Å². The molecule has 1 aromatic heterocycles. The van der Waals surface area contributed by atoms with Gasteiger partial charge in [0.2, 0.25) is 5.91 Å². The zero-order chi connectivity index (χ0) is 26.6. The molecule has 1 aliphatic heterocycles. The lowest BCUT2D eigenvalue weighted by molar-refractivity contribution is -0.141. The highest BCUT2D eigenvalue weighted by molar-refractivity contribution is 7.89. The maximum Gasteiger partial charge on any atom is 0.435 e. The van der Waals surface area contributed by atoms with Gasteiger partial charge in [-0.2, -0.15) is 18.3 Å². The molecule has 0 spiro atoms. The minimum absolute atomic E-state index is 0.0902. The Morgan fingerprint density at radius 2 is 1.67 bits per heavy atom. The second-order valence-electron chi connectivity index (χ2n) is 7.94. The molecular formula is C22H16Cl3F3N4O3S. The Morgan fingerprint density at radius 1 is 1.03 bits per heavy atom. The Kier molecular flexibility index (Phi) is 6.89. The summed E-state index contributed by atoms with van der Waals surface area (Å²) in [4.78, 5) is 17.6. The largest absolute Gasteiger partial charge is 0.435 e. The number of amides is 1. The fraction of sp³-hybridized carbons (Fsp3) is 0.227. The van der Waals surface area contributed by atoms with Crippen molar-refractivity contribution in [3.05, 3.63) is 74.9 Å². The SMILES string of the molecule is CC1=Nc2cc(C(F)(F)F)nn2C(c2ccc(Cl)c(Cl)c2)C1C(=O)N(C)S(=O)(=O)c1ccc(Cl)cc1. The van der Waals surface area contributed by atoms with E-state index in [1.54, 1.807) is 0 Å². The second-order valence-corrected chi connectivity index (χ2v) is 11.2. The average Bonchev–Trinajstić information content (AvgIpc) is 3.23. The Labute approximate surface area is 219 Å². The van der Waals surface area contributed by atoms with Gasteiger partial charge in [-0.1, -0.05) is 40.9 Å². The van der Waals surface area contributed by atoms with Gasteiger partial charge in [0.25, 0.3) is 10.0 Å². The van der Waals surface area contributed by atoms with E-state index in [2.05, 4.69) is 10.1 Å². The number of halogens is 6. The van der Waals surface area contributed by atoms with Gasteiger partial charge in [-0.3, -0.25) is 4.79 Å². The van der Waals surface area contributed by atoms with Crippen LogP contribution in [0.15, 0.2) is 58.4 Å². The van der Waals surface area contributed by atoms with Crippen LogP contribution in [0.5, 0.6) is 0 Å². The third-order valence-corrected chi connectivity index (χ3v) is 8.42. The lowest BCUT2D eigenvalue weighted by atomic mass is 9.87. The molecule has 36 heavy (non-hydrogen) atoms. The lowest BCUT2D eigenvalue weighted by Gasteiger charge is -2.33. The summed E-state index contributed by atoms with van der Waals surface area (Å²) in [6.45, 7) is 1.43. The van der Waals surface area contributed by atoms with E-state index >= 15 is 0 Å². The molecule has 1 aliphatic rings. The van der Waals surface area contributed by atoms with Crippen molar-refractivity contribution in [1.29, 1.82) is 0 Å². The van der Waals surface area contributed by atoms with Gasteiger partial charge in [0.1, 0.15) is 5.92 Å². The minimum Gasteiger partial charge on any atom is -0.273 e. The molecule has 7 nitrogen and oxygen atoms in total. The van der Waals surface area contributed by atoms with Crippen molar-refractivity contribution in [1.82, 2.24) is 14.1 Å². The zero-order valence-electron chi connectivity index (χ0n) is 18.5. The summed E-state index contributed by atoms with van der Waals surface area (Å²) in [6.07, 6.45) is -4.77. The number of nitrogens with zero attached hydrogens (tertiary/aromatic N) is 4. The highest BCUT2D eigenvalue weighted by atomic mass is 35.5. The van der Waals surface area contributed by atoms with Crippen LogP contribution >= 0.6 is 34.8 Å². The van der Waals surface area contributed by atoms with Gasteiger partial charge in [-0.05, 0) is 48.9 Å². The first-order valence-electron chi connectivity index (χ1n) is 10.2. The Balaban J connectivity index is 1.85. The average molecular weight is 580 g/mol. The third kappa shape index (κ3) is 4.72. The Morgan fingerprint density at radius 3 is 2.25 bits per heavy atom. The van der Waals surface area contributed by atoms with Crippen molar-refractivity contribution in [2.75, 3.05) is 7.05 Å². The number of rotatable bonds is 4. The van der Waals surface area contributed by atoms with E-state index in [0.29, 0.717) is 9.33 Å². The van der Waals surface area contributed by atoms with Crippen LogP contribution in [0.4, 0.5) is 19.0 Å². The number of carbonyl (C=O) groups excluding carboxylic acids is 1. The number of benzene rings is 2. The van der Waals surface area contributed by atoms with Gasteiger partial charge in [0.15, 0.2) is 11.5 Å². The number of aromatic nitrogens is 2. The van der Waals surface area contributed by atoms with Gasteiger partial charge in [-0.15, -0.1) is 0 Å². The molecule has 0 radical (unpaired) electrons. The van der Waals surface area contributed by atoms with Gasteiger partial charge in [0.05, 0.1) is 21.0 Å². The van der Waals surface area contributed by atoms with Crippen molar-refractivity contribution in [3.63, 3.8) is 0 Å². The highest BCUT2D eigenvalue weighted by Crippen LogP contribution is 2.42. The summed E-state index contributed by atoms with van der Waals surface area (Å²) in [5.74, 6) is -2.41. The first kappa shape index (κ1) is 26.5. The maximum atomic E-state index is 13.7. The van der Waals surface area contributed by atoms with Crippen LogP contribution in [0.3, 0.4) is 0 Å². The van der Waals surface area contributed by atoms with Crippen molar-refractivity contribution < 1.29 is 26.4 Å². The molecule has 0 N–H and O–H groups in total. The third-order valence-electron chi connectivity index (χ3n) is 5.66. The number of sulfonamides is 1. The molecule has 2 aromatic carbocycles. The van der Waals surface area contributed by atoms with E-state index in [-0.39, 0.29) is 32.0 Å². The summed E-state index contributed by atoms with van der Waals surface area (Å²) in [5.41, 5.74) is -0.836. The predicted molar refractivity (Wildman–Crippen MR) is 129 cm³/mol. The van der Waals surface area contributed by atoms with Gasteiger partial charge in [-0.25, -0.2) is 22.4 Å². The number of carbonyl (C=O) groups is 1. The Hall–Kier alpha value is -2.60. The number of aliphatic imine (C=N–C) groups is 1. The summed E-state index contributed by atoms with van der Waals surface area (Å²) < 4.78 is 68.2. The molecule has 0 aliphatic carbocycles. The monoisotopic (exact) mass is 578 g/mol. The fourth-order valence-electron chi connectivity index (χ4n) is 3.85. The van der Waals surface area contributed by atoms with E-state index in [4.69, 9.17) is 34.8 Å². The molecule has 4 rings (SSSR count). The molecule has 3 aromatic rings. The Bertz CT molecular complexity index is 1490. The molecule has 0 fully saturated rings. The standard InChI is InChI=1S/C22H16Cl3F3N4O3S/c1-11-19(21(33)31(2)36(34,35)14-6-4-13(23)5-7-14)20(12-3-8-15(24)16(25)9-12)32-18(29-11)10-17(30-32)22(26,27)28/h3-10,19-20H,1-2H3. The predicted octanol–water partition coefficient (Wildman–Crippen LogP) is 6.02. The summed E-state index contributed by atoms with van der Waals surface area (Å²) in [6, 6.07) is 9.03. The fourth-order valence-corrected chi connectivity index (χ4v) is 5.43. The van der Waals surface area contributed by atoms with Gasteiger partial charge >= 0.3 is 6.18 Å². The molecule has 0 saturated carbocycles. The maximum absolute atomic E-state index is 13.7. The molecule has 2 heterocycles. The topological polar surface area (TPSA) is 84.6 Å². The highest BCUT2D eigenvalue weighted by Gasteiger charge is 2.44. The molecule has 0 saturated heterocycles. The van der Waals surface area contributed by atoms with E-state index in [1.165, 1.54) is 49.4 Å². The lowest BCUT2D eigenvalue weighted by Crippen LogP contribution is -2.45. The van der Waals surface area contributed by atoms with E-state index in [9.17, 15) is 26.4 Å².